The molecule has 19 heavy (non-hydrogen) atoms. The van der Waals surface area contributed by atoms with Crippen LogP contribution >= 0.6 is 22.9 Å². The minimum atomic E-state index is -3.43. The number of hydrogen-bond donors (Lipinski definition) is 1. The molecular formula is C9H12N4O3S3. The smallest absolute Gasteiger partial charge is 0.242 e. The van der Waals surface area contributed by atoms with Gasteiger partial charge < -0.3 is 4.74 Å². The Morgan fingerprint density at radius 2 is 2.21 bits per heavy atom. The average molecular weight is 320 g/mol. The number of anilines is 2. The third kappa shape index (κ3) is 3.69. The number of methoxy groups -OCH3 is 1. The van der Waals surface area contributed by atoms with Crippen LogP contribution in [0.1, 0.15) is 5.69 Å². The van der Waals surface area contributed by atoms with Crippen LogP contribution in [0, 0.1) is 6.92 Å². The highest BCUT2D eigenvalue weighted by molar-refractivity contribution is 7.93. The average Bonchev–Trinajstić information content (AvgIpc) is 2.97. The van der Waals surface area contributed by atoms with Gasteiger partial charge in [0.25, 0.3) is 0 Å². The number of rotatable bonds is 6. The van der Waals surface area contributed by atoms with Crippen molar-refractivity contribution in [3.05, 3.63) is 11.1 Å². The summed E-state index contributed by atoms with van der Waals surface area (Å²) < 4.78 is 32.4. The van der Waals surface area contributed by atoms with Crippen LogP contribution < -0.4 is 5.32 Å². The lowest BCUT2D eigenvalue weighted by molar-refractivity contribution is 0.217. The molecule has 7 nitrogen and oxygen atoms in total. The Balaban J connectivity index is 2.10. The maximum Gasteiger partial charge on any atom is 0.242 e. The number of nitrogens with one attached hydrogen (secondary N) is 1. The fourth-order valence-electron chi connectivity index (χ4n) is 1.17. The zero-order chi connectivity index (χ0) is 13.9. The summed E-state index contributed by atoms with van der Waals surface area (Å²) in [7, 11) is -1.97. The highest BCUT2D eigenvalue weighted by Crippen LogP contribution is 2.22. The third-order valence-electron chi connectivity index (χ3n) is 2.07. The molecule has 0 atom stereocenters. The van der Waals surface area contributed by atoms with Gasteiger partial charge >= 0.3 is 0 Å². The molecule has 0 radical (unpaired) electrons. The molecule has 0 bridgehead atoms. The fourth-order valence-corrected chi connectivity index (χ4v) is 3.84. The van der Waals surface area contributed by atoms with E-state index in [9.17, 15) is 8.42 Å². The van der Waals surface area contributed by atoms with Crippen molar-refractivity contribution in [2.24, 2.45) is 0 Å². The molecule has 2 aromatic heterocycles. The van der Waals surface area contributed by atoms with Gasteiger partial charge in [-0.1, -0.05) is 0 Å². The summed E-state index contributed by atoms with van der Waals surface area (Å²) in [5.41, 5.74) is 0.885. The van der Waals surface area contributed by atoms with Gasteiger partial charge in [-0.15, -0.1) is 11.3 Å². The van der Waals surface area contributed by atoms with Crippen LogP contribution in [0.5, 0.6) is 0 Å². The van der Waals surface area contributed by atoms with E-state index in [4.69, 9.17) is 4.74 Å². The molecule has 0 aliphatic heterocycles. The van der Waals surface area contributed by atoms with Gasteiger partial charge in [0.15, 0.2) is 5.13 Å². The molecule has 10 heteroatoms. The summed E-state index contributed by atoms with van der Waals surface area (Å²) in [6.07, 6.45) is 0. The maximum atomic E-state index is 11.8. The number of nitrogens with zero attached hydrogens (tertiary/aromatic N) is 3. The summed E-state index contributed by atoms with van der Waals surface area (Å²) in [4.78, 5) is 8.15. The Bertz CT molecular complexity index is 649. The van der Waals surface area contributed by atoms with Crippen molar-refractivity contribution in [3.63, 3.8) is 0 Å². The molecule has 0 aromatic carbocycles. The van der Waals surface area contributed by atoms with E-state index in [2.05, 4.69) is 19.7 Å². The van der Waals surface area contributed by atoms with E-state index in [-0.39, 0.29) is 22.6 Å². The number of thiazole rings is 1. The van der Waals surface area contributed by atoms with Crippen molar-refractivity contribution in [1.29, 1.82) is 0 Å². The number of aromatic nitrogens is 3. The van der Waals surface area contributed by atoms with Crippen molar-refractivity contribution in [2.75, 3.05) is 24.8 Å². The Labute approximate surface area is 118 Å². The zero-order valence-corrected chi connectivity index (χ0v) is 12.7. The lowest BCUT2D eigenvalue weighted by atomic mass is 10.6. The monoisotopic (exact) mass is 320 g/mol. The van der Waals surface area contributed by atoms with Crippen LogP contribution in [0.25, 0.3) is 0 Å². The van der Waals surface area contributed by atoms with Crippen LogP contribution in [-0.2, 0) is 14.6 Å². The molecule has 2 heterocycles. The standard InChI is InChI=1S/C9H12N4O3S3/c1-6-5-17-8(10-6)11-7-12-9(18-13-7)19(14,15)4-3-16-2/h5H,3-4H2,1-2H3,(H,10,11,13). The predicted molar refractivity (Wildman–Crippen MR) is 74.0 cm³/mol. The van der Waals surface area contributed by atoms with E-state index < -0.39 is 9.84 Å². The summed E-state index contributed by atoms with van der Waals surface area (Å²) in [5, 5.41) is 5.39. The fraction of sp³-hybridized carbons (Fsp3) is 0.444. The number of aryl methyl sites for hydroxylation is 1. The lowest BCUT2D eigenvalue weighted by Gasteiger charge is -1.98. The second-order valence-corrected chi connectivity index (χ2v) is 7.51. The van der Waals surface area contributed by atoms with E-state index in [1.165, 1.54) is 18.4 Å². The maximum absolute atomic E-state index is 11.8. The van der Waals surface area contributed by atoms with Crippen LogP contribution in [0.3, 0.4) is 0 Å². The quantitative estimate of drug-likeness (QED) is 0.861. The van der Waals surface area contributed by atoms with Gasteiger partial charge in [-0.2, -0.15) is 9.36 Å². The van der Waals surface area contributed by atoms with Crippen LogP contribution in [0.4, 0.5) is 11.1 Å². The Morgan fingerprint density at radius 1 is 1.42 bits per heavy atom. The Kier molecular flexibility index (Phi) is 4.45. The van der Waals surface area contributed by atoms with Crippen molar-refractivity contribution in [1.82, 2.24) is 14.3 Å². The Morgan fingerprint density at radius 3 is 2.84 bits per heavy atom. The van der Waals surface area contributed by atoms with E-state index >= 15 is 0 Å². The third-order valence-corrected chi connectivity index (χ3v) is 5.77. The first-order valence-corrected chi connectivity index (χ1v) is 8.56. The molecule has 0 aliphatic rings. The first-order valence-electron chi connectivity index (χ1n) is 5.26. The molecule has 0 saturated carbocycles. The molecular weight excluding hydrogens is 308 g/mol. The molecule has 0 amide bonds. The van der Waals surface area contributed by atoms with Gasteiger partial charge in [-0.3, -0.25) is 5.32 Å². The second-order valence-electron chi connectivity index (χ2n) is 3.61. The second kappa shape index (κ2) is 5.90. The topological polar surface area (TPSA) is 94.1 Å². The number of hydrogen-bond acceptors (Lipinski definition) is 9. The molecule has 2 aromatic rings. The van der Waals surface area contributed by atoms with Gasteiger partial charge in [0.1, 0.15) is 0 Å². The molecule has 0 aliphatic carbocycles. The molecule has 0 spiro atoms. The SMILES string of the molecule is COCCS(=O)(=O)c1nc(Nc2nc(C)cs2)ns1. The van der Waals surface area contributed by atoms with Crippen LogP contribution in [-0.4, -0.2) is 42.2 Å². The minimum absolute atomic E-state index is 0.0136. The molecule has 0 saturated heterocycles. The van der Waals surface area contributed by atoms with Crippen LogP contribution in [0.2, 0.25) is 0 Å². The molecule has 2 rings (SSSR count). The van der Waals surface area contributed by atoms with E-state index in [0.717, 1.165) is 17.2 Å². The van der Waals surface area contributed by atoms with Gasteiger partial charge in [-0.25, -0.2) is 13.4 Å². The van der Waals surface area contributed by atoms with Gasteiger partial charge in [-0.05, 0) is 6.92 Å². The highest BCUT2D eigenvalue weighted by atomic mass is 32.2. The summed E-state index contributed by atoms with van der Waals surface area (Å²) in [5.74, 6) is 0.143. The predicted octanol–water partition coefficient (Wildman–Crippen LogP) is 1.47. The van der Waals surface area contributed by atoms with Crippen molar-refractivity contribution < 1.29 is 13.2 Å². The number of ether oxygens (including phenoxy) is 1. The van der Waals surface area contributed by atoms with E-state index in [1.54, 1.807) is 0 Å². The molecule has 0 unspecified atom stereocenters. The molecule has 1 N–H and O–H groups in total. The zero-order valence-electron chi connectivity index (χ0n) is 10.3. The van der Waals surface area contributed by atoms with Crippen molar-refractivity contribution in [3.8, 4) is 0 Å². The Hall–Kier alpha value is -1.10. The van der Waals surface area contributed by atoms with E-state index in [1.807, 2.05) is 12.3 Å². The summed E-state index contributed by atoms with van der Waals surface area (Å²) >= 11 is 2.25. The van der Waals surface area contributed by atoms with Crippen molar-refractivity contribution in [2.45, 2.75) is 11.3 Å². The van der Waals surface area contributed by atoms with Gasteiger partial charge in [0, 0.05) is 24.0 Å². The minimum Gasteiger partial charge on any atom is -0.384 e. The summed E-state index contributed by atoms with van der Waals surface area (Å²) in [6, 6.07) is 0. The van der Waals surface area contributed by atoms with Gasteiger partial charge in [0.05, 0.1) is 18.1 Å². The highest BCUT2D eigenvalue weighted by Gasteiger charge is 2.20. The normalized spacial score (nSPS) is 11.7. The van der Waals surface area contributed by atoms with Crippen molar-refractivity contribution >= 4 is 43.8 Å². The molecule has 104 valence electrons. The molecule has 0 fully saturated rings. The summed E-state index contributed by atoms with van der Waals surface area (Å²) in [6.45, 7) is 2.01. The first kappa shape index (κ1) is 14.3. The first-order chi connectivity index (χ1) is 9.01. The number of sulfone groups is 1. The van der Waals surface area contributed by atoms with Crippen LogP contribution in [0.15, 0.2) is 9.72 Å². The largest absolute Gasteiger partial charge is 0.384 e. The van der Waals surface area contributed by atoms with Gasteiger partial charge in [0.2, 0.25) is 20.1 Å². The van der Waals surface area contributed by atoms with E-state index in [0.29, 0.717) is 5.13 Å². The lowest BCUT2D eigenvalue weighted by Crippen LogP contribution is -2.11.